The third-order valence-corrected chi connectivity index (χ3v) is 24.3. The average molecular weight is 1750 g/mol. The number of halogens is 10. The molecular weight excluding hydrogens is 1680 g/mol. The van der Waals surface area contributed by atoms with E-state index in [1.54, 1.807) is 48.5 Å². The molecule has 3 saturated carbocycles. The van der Waals surface area contributed by atoms with E-state index < -0.39 is 79.0 Å². The minimum Gasteiger partial charge on any atom is -0.412 e. The summed E-state index contributed by atoms with van der Waals surface area (Å²) in [7, 11) is -5.70. The summed E-state index contributed by atoms with van der Waals surface area (Å²) in [5.41, 5.74) is 26.0. The van der Waals surface area contributed by atoms with E-state index in [4.69, 9.17) is 17.2 Å². The first-order chi connectivity index (χ1) is 51.4. The first-order valence-corrected chi connectivity index (χ1v) is 39.4. The zero-order valence-corrected chi connectivity index (χ0v) is 64.2. The summed E-state index contributed by atoms with van der Waals surface area (Å²) in [6.45, 7) is -0.302. The van der Waals surface area contributed by atoms with Gasteiger partial charge in [-0.25, -0.2) is 64.5 Å². The SMILES string of the molecule is Nc1ncnc2c1c(-c1ccc(NS(=O)c3cc(F)c(Br)cc3F)c(F)c1)cn2C1CCCC1.Nc1ncnc2c1c(-c1ccc(NS(=O)c3ccc(I)cc3)c(F)c1)cn2C1CCCC1.Nc1ncnc2c1c(-c1ccc(NS(=O)c3ccc4c(c3)CN(C(=O)C(F)(F)F)CC4)c(F)c1)cn2C1CCCC1.O.O.O. The molecule has 0 saturated heterocycles. The number of nitrogens with one attached hydrogen (secondary N) is 3. The maximum atomic E-state index is 15.3. The topological polar surface area (TPSA) is 372 Å². The molecule has 6 aromatic heterocycles. The second-order valence-corrected chi connectivity index (χ2v) is 32.0. The van der Waals surface area contributed by atoms with Crippen LogP contribution in [0, 0.1) is 32.7 Å². The number of amides is 1. The highest BCUT2D eigenvalue weighted by atomic mass is 127. The predicted molar refractivity (Wildman–Crippen MR) is 420 cm³/mol. The summed E-state index contributed by atoms with van der Waals surface area (Å²) in [4.78, 5) is 38.6. The van der Waals surface area contributed by atoms with Gasteiger partial charge in [0.1, 0.15) is 104 Å². The Morgan fingerprint density at radius 1 is 0.473 bits per heavy atom. The third-order valence-electron chi connectivity index (χ3n) is 19.7. The Kier molecular flexibility index (Phi) is 25.4. The molecule has 1 aliphatic heterocycles. The van der Waals surface area contributed by atoms with E-state index in [0.29, 0.717) is 89.9 Å². The second kappa shape index (κ2) is 34.4. The van der Waals surface area contributed by atoms with Crippen molar-refractivity contribution < 1.29 is 69.0 Å². The molecule has 36 heteroatoms. The Hall–Kier alpha value is -9.57. The standard InChI is InChI=1S/C28H26F4N6O2S.C23H19BrF3N5OS.C23H21FIN5OS.3H2O/c29-22-12-17(21-14-38(19-3-1-2-4-19)26-24(21)25(33)34-15-35-26)6-8-23(22)36-41(40)20-7-5-16-9-10-37(13-18(16)11-20)27(39)28(30,31)32;24-15-8-18(27)20(9-16(15)25)34(33)31-19-6-5-12(7-17(19)26)14-10-32(13-3-1-2-4-13)23-21(14)22(28)29-11-30-23;24-19-11-14(5-10-20(19)29-32(31)17-8-6-15(25)7-9-17)18-12-30(16-3-1-2-4-16)23-21(18)22(26)27-13-28-23;;;/h5-8,11-12,14-15,19,36H,1-4,9-10,13H2,(H2,33,34,35);5-11,13,31H,1-4H2,(H2,28,29,30);5-13,16,29H,1-4H2,(H2,26,27,28);3*1H2. The number of benzene rings is 6. The molecule has 7 heterocycles. The number of fused-ring (bicyclic) bond motifs is 4. The summed E-state index contributed by atoms with van der Waals surface area (Å²) in [5, 5.41) is 2.03. The van der Waals surface area contributed by atoms with Crippen LogP contribution in [0.25, 0.3) is 66.5 Å². The van der Waals surface area contributed by atoms with Gasteiger partial charge in [-0.2, -0.15) is 13.2 Å². The van der Waals surface area contributed by atoms with Crippen LogP contribution in [0.4, 0.5) is 69.6 Å². The molecule has 578 valence electrons. The molecular formula is C74H72BrF8IN16O7S3. The molecule has 3 atom stereocenters. The summed E-state index contributed by atoms with van der Waals surface area (Å²) >= 11 is 5.05. The molecule has 6 aromatic carbocycles. The maximum Gasteiger partial charge on any atom is 0.471 e. The molecule has 3 unspecified atom stereocenters. The number of aromatic nitrogens is 9. The van der Waals surface area contributed by atoms with Crippen molar-refractivity contribution in [1.29, 1.82) is 0 Å². The van der Waals surface area contributed by atoms with Crippen molar-refractivity contribution >= 4 is 145 Å². The molecule has 3 fully saturated rings. The summed E-state index contributed by atoms with van der Waals surface area (Å²) in [6.07, 6.45) is 18.7. The molecule has 0 bridgehead atoms. The van der Waals surface area contributed by atoms with Crippen LogP contribution in [-0.4, -0.2) is 96.2 Å². The second-order valence-electron chi connectivity index (χ2n) is 26.3. The van der Waals surface area contributed by atoms with Crippen LogP contribution < -0.4 is 31.4 Å². The minimum absolute atomic E-state index is 0. The van der Waals surface area contributed by atoms with E-state index in [-0.39, 0.29) is 68.4 Å². The molecule has 15 N–H and O–H groups in total. The van der Waals surface area contributed by atoms with Crippen LogP contribution in [0.1, 0.15) is 106 Å². The third kappa shape index (κ3) is 17.0. The zero-order valence-electron chi connectivity index (χ0n) is 58.0. The largest absolute Gasteiger partial charge is 0.471 e. The van der Waals surface area contributed by atoms with Gasteiger partial charge < -0.3 is 52.2 Å². The summed E-state index contributed by atoms with van der Waals surface area (Å²) in [6, 6.07) is 28.2. The molecule has 0 spiro atoms. The number of carbonyl (C=O) groups is 1. The van der Waals surface area contributed by atoms with Gasteiger partial charge in [-0.15, -0.1) is 0 Å². The Morgan fingerprint density at radius 2 is 0.855 bits per heavy atom. The lowest BCUT2D eigenvalue weighted by Crippen LogP contribution is -2.43. The van der Waals surface area contributed by atoms with Crippen LogP contribution >= 0.6 is 38.5 Å². The highest BCUT2D eigenvalue weighted by Crippen LogP contribution is 2.44. The van der Waals surface area contributed by atoms with Crippen molar-refractivity contribution in [1.82, 2.24) is 48.5 Å². The van der Waals surface area contributed by atoms with E-state index in [1.165, 1.54) is 68.2 Å². The van der Waals surface area contributed by atoms with Gasteiger partial charge >= 0.3 is 12.1 Å². The number of nitrogens with two attached hydrogens (primary N) is 3. The highest BCUT2D eigenvalue weighted by molar-refractivity contribution is 14.1. The number of hydrogen-bond donors (Lipinski definition) is 6. The van der Waals surface area contributed by atoms with Crippen LogP contribution in [0.5, 0.6) is 0 Å². The van der Waals surface area contributed by atoms with Crippen LogP contribution in [0.15, 0.2) is 166 Å². The van der Waals surface area contributed by atoms with Gasteiger partial charge in [0, 0.05) is 70.1 Å². The average Bonchev–Trinajstić information content (AvgIpc) is 1.61. The van der Waals surface area contributed by atoms with Crippen molar-refractivity contribution in [2.45, 2.75) is 129 Å². The minimum atomic E-state index is -4.96. The molecule has 3 aliphatic carbocycles. The number of nitrogen functional groups attached to an aromatic ring is 3. The quantitative estimate of drug-likeness (QED) is 0.0316. The fraction of sp³-hybridized carbons (Fsp3) is 0.257. The molecule has 23 nitrogen and oxygen atoms in total. The smallest absolute Gasteiger partial charge is 0.412 e. The van der Waals surface area contributed by atoms with E-state index in [9.17, 15) is 39.4 Å². The Bertz CT molecular complexity index is 5510. The Balaban J connectivity index is 0.000000163. The maximum absolute atomic E-state index is 15.3. The van der Waals surface area contributed by atoms with Gasteiger partial charge in [0.25, 0.3) is 0 Å². The Morgan fingerprint density at radius 3 is 1.25 bits per heavy atom. The lowest BCUT2D eigenvalue weighted by molar-refractivity contribution is -0.186. The molecule has 110 heavy (non-hydrogen) atoms. The van der Waals surface area contributed by atoms with Gasteiger partial charge in [0.05, 0.1) is 52.4 Å². The van der Waals surface area contributed by atoms with Gasteiger partial charge in [-0.3, -0.25) is 19.0 Å². The van der Waals surface area contributed by atoms with E-state index >= 15 is 13.2 Å². The lowest BCUT2D eigenvalue weighted by Gasteiger charge is -2.29. The van der Waals surface area contributed by atoms with E-state index in [0.717, 1.165) is 107 Å². The molecule has 16 rings (SSSR count). The number of alkyl halides is 3. The van der Waals surface area contributed by atoms with Gasteiger partial charge in [-0.1, -0.05) is 62.8 Å². The fourth-order valence-corrected chi connectivity index (χ4v) is 17.7. The number of hydrogen-bond acceptors (Lipinski definition) is 13. The first-order valence-electron chi connectivity index (χ1n) is 34.1. The van der Waals surface area contributed by atoms with Crippen LogP contribution in [-0.2, 0) is 50.7 Å². The van der Waals surface area contributed by atoms with Gasteiger partial charge in [-0.05, 0) is 196 Å². The number of carbonyl (C=O) groups excluding carboxylic acids is 1. The molecule has 4 aliphatic rings. The number of nitrogens with zero attached hydrogens (tertiary/aromatic N) is 10. The van der Waals surface area contributed by atoms with Crippen molar-refractivity contribution in [3.63, 3.8) is 0 Å². The number of rotatable bonds is 15. The van der Waals surface area contributed by atoms with Crippen molar-refractivity contribution in [3.05, 3.63) is 195 Å². The van der Waals surface area contributed by atoms with E-state index in [1.807, 2.05) is 30.7 Å². The molecule has 12 aromatic rings. The monoisotopic (exact) mass is 1750 g/mol. The van der Waals surface area contributed by atoms with Gasteiger partial charge in [0.2, 0.25) is 0 Å². The Labute approximate surface area is 653 Å². The van der Waals surface area contributed by atoms with Crippen LogP contribution in [0.3, 0.4) is 0 Å². The van der Waals surface area contributed by atoms with Gasteiger partial charge in [0.15, 0.2) is 11.0 Å². The lowest BCUT2D eigenvalue weighted by atomic mass is 10.00. The first kappa shape index (κ1) is 81.4. The van der Waals surface area contributed by atoms with Crippen molar-refractivity contribution in [2.24, 2.45) is 0 Å². The predicted octanol–water partition coefficient (Wildman–Crippen LogP) is 14.8. The molecule has 0 radical (unpaired) electrons. The summed E-state index contributed by atoms with van der Waals surface area (Å²) in [5.74, 6) is -4.43. The highest BCUT2D eigenvalue weighted by Gasteiger charge is 2.43. The zero-order chi connectivity index (χ0) is 75.1. The normalized spacial score (nSPS) is 15.3. The summed E-state index contributed by atoms with van der Waals surface area (Å²) < 4.78 is 165. The van der Waals surface area contributed by atoms with Crippen LogP contribution in [0.2, 0.25) is 0 Å². The molecule has 1 amide bonds. The number of anilines is 6. The van der Waals surface area contributed by atoms with E-state index in [2.05, 4.69) is 96.3 Å². The van der Waals surface area contributed by atoms with Crippen molar-refractivity contribution in [3.8, 4) is 33.4 Å². The van der Waals surface area contributed by atoms with Crippen molar-refractivity contribution in [2.75, 3.05) is 37.9 Å². The fourth-order valence-electron chi connectivity index (χ4n) is 14.3.